The molecule has 1 heterocycles. The number of amides is 1. The van der Waals surface area contributed by atoms with Gasteiger partial charge in [-0.1, -0.05) is 0 Å². The molecule has 0 bridgehead atoms. The SMILES string of the molecule is COC(=O)[C@@H](Cc1ccc(C(F)(F)F)cn1)NC(=O)OC(C)(C)C. The number of nitrogens with one attached hydrogen (secondary N) is 1. The molecule has 0 aromatic carbocycles. The molecule has 9 heteroatoms. The van der Waals surface area contributed by atoms with E-state index in [1.54, 1.807) is 20.8 Å². The van der Waals surface area contributed by atoms with Gasteiger partial charge in [-0.15, -0.1) is 0 Å². The van der Waals surface area contributed by atoms with Crippen LogP contribution in [-0.2, 0) is 26.9 Å². The Balaban J connectivity index is 2.83. The molecule has 1 aromatic heterocycles. The van der Waals surface area contributed by atoms with Crippen LogP contribution in [0.15, 0.2) is 18.3 Å². The lowest BCUT2D eigenvalue weighted by atomic mass is 10.1. The average Bonchev–Trinajstić information content (AvgIpc) is 2.43. The van der Waals surface area contributed by atoms with Crippen LogP contribution < -0.4 is 5.32 Å². The number of alkyl carbamates (subject to hydrolysis) is 1. The van der Waals surface area contributed by atoms with Crippen molar-refractivity contribution in [3.8, 4) is 0 Å². The van der Waals surface area contributed by atoms with E-state index in [-0.39, 0.29) is 12.1 Å². The summed E-state index contributed by atoms with van der Waals surface area (Å²) >= 11 is 0. The highest BCUT2D eigenvalue weighted by molar-refractivity contribution is 5.81. The molecule has 1 rings (SSSR count). The maximum Gasteiger partial charge on any atom is 0.417 e. The van der Waals surface area contributed by atoms with Crippen LogP contribution in [0.25, 0.3) is 0 Å². The molecule has 24 heavy (non-hydrogen) atoms. The van der Waals surface area contributed by atoms with Crippen LogP contribution in [0.3, 0.4) is 0 Å². The smallest absolute Gasteiger partial charge is 0.417 e. The van der Waals surface area contributed by atoms with Gasteiger partial charge in [-0.25, -0.2) is 9.59 Å². The van der Waals surface area contributed by atoms with Crippen molar-refractivity contribution in [3.05, 3.63) is 29.6 Å². The number of alkyl halides is 3. The first-order chi connectivity index (χ1) is 10.9. The van der Waals surface area contributed by atoms with Crippen molar-refractivity contribution < 1.29 is 32.2 Å². The number of nitrogens with zero attached hydrogens (tertiary/aromatic N) is 1. The van der Waals surface area contributed by atoms with E-state index in [1.165, 1.54) is 0 Å². The Labute approximate surface area is 137 Å². The molecule has 0 aliphatic rings. The maximum absolute atomic E-state index is 12.5. The van der Waals surface area contributed by atoms with Crippen molar-refractivity contribution in [2.75, 3.05) is 7.11 Å². The molecule has 1 atom stereocenters. The summed E-state index contributed by atoms with van der Waals surface area (Å²) in [5.74, 6) is -0.762. The molecule has 0 aliphatic carbocycles. The van der Waals surface area contributed by atoms with Crippen molar-refractivity contribution in [2.45, 2.75) is 45.0 Å². The van der Waals surface area contributed by atoms with Gasteiger partial charge in [0, 0.05) is 18.3 Å². The molecule has 1 amide bonds. The van der Waals surface area contributed by atoms with E-state index >= 15 is 0 Å². The molecule has 134 valence electrons. The van der Waals surface area contributed by atoms with Gasteiger partial charge >= 0.3 is 18.2 Å². The second kappa shape index (κ2) is 7.50. The highest BCUT2D eigenvalue weighted by atomic mass is 19.4. The Hall–Kier alpha value is -2.32. The molecule has 1 aromatic rings. The van der Waals surface area contributed by atoms with Gasteiger partial charge in [0.1, 0.15) is 11.6 Å². The predicted molar refractivity (Wildman–Crippen MR) is 78.1 cm³/mol. The number of aromatic nitrogens is 1. The van der Waals surface area contributed by atoms with Gasteiger partial charge in [-0.05, 0) is 32.9 Å². The highest BCUT2D eigenvalue weighted by Crippen LogP contribution is 2.28. The standard InChI is InChI=1S/C15H19F3N2O4/c1-14(2,3)24-13(22)20-11(12(21)23-4)7-10-6-5-9(8-19-10)15(16,17)18/h5-6,8,11H,7H2,1-4H3,(H,20,22)/t11-/m1/s1. The number of hydrogen-bond donors (Lipinski definition) is 1. The van der Waals surface area contributed by atoms with E-state index in [9.17, 15) is 22.8 Å². The lowest BCUT2D eigenvalue weighted by molar-refractivity contribution is -0.143. The molecule has 0 fully saturated rings. The van der Waals surface area contributed by atoms with Gasteiger partial charge in [-0.3, -0.25) is 4.98 Å². The number of esters is 1. The number of ether oxygens (including phenoxy) is 2. The minimum Gasteiger partial charge on any atom is -0.467 e. The second-order valence-electron chi connectivity index (χ2n) is 5.96. The van der Waals surface area contributed by atoms with Crippen LogP contribution in [0, 0.1) is 0 Å². The highest BCUT2D eigenvalue weighted by Gasteiger charge is 2.31. The fourth-order valence-corrected chi connectivity index (χ4v) is 1.71. The van der Waals surface area contributed by atoms with E-state index in [4.69, 9.17) is 4.74 Å². The Morgan fingerprint density at radius 1 is 1.25 bits per heavy atom. The normalized spacial score (nSPS) is 13.1. The molecule has 6 nitrogen and oxygen atoms in total. The molecule has 0 saturated carbocycles. The molecule has 0 saturated heterocycles. The minimum atomic E-state index is -4.50. The molecule has 0 unspecified atom stereocenters. The summed E-state index contributed by atoms with van der Waals surface area (Å²) in [6.07, 6.45) is -4.81. The van der Waals surface area contributed by atoms with E-state index in [2.05, 4.69) is 15.0 Å². The number of carbonyl (C=O) groups excluding carboxylic acids is 2. The lowest BCUT2D eigenvalue weighted by Gasteiger charge is -2.22. The first-order valence-corrected chi connectivity index (χ1v) is 7.02. The number of methoxy groups -OCH3 is 1. The van der Waals surface area contributed by atoms with E-state index in [0.29, 0.717) is 6.20 Å². The molecule has 1 N–H and O–H groups in total. The number of pyridine rings is 1. The van der Waals surface area contributed by atoms with Crippen LogP contribution in [-0.4, -0.2) is 35.8 Å². The molecular weight excluding hydrogens is 329 g/mol. The zero-order valence-electron chi connectivity index (χ0n) is 13.7. The third-order valence-corrected chi connectivity index (χ3v) is 2.74. The zero-order chi connectivity index (χ0) is 18.5. The summed E-state index contributed by atoms with van der Waals surface area (Å²) in [4.78, 5) is 27.2. The van der Waals surface area contributed by atoms with Gasteiger partial charge in [-0.2, -0.15) is 13.2 Å². The summed E-state index contributed by atoms with van der Waals surface area (Å²) in [5.41, 5.74) is -1.48. The Morgan fingerprint density at radius 3 is 2.29 bits per heavy atom. The van der Waals surface area contributed by atoms with Gasteiger partial charge < -0.3 is 14.8 Å². The van der Waals surface area contributed by atoms with E-state index in [1.807, 2.05) is 0 Å². The Bertz CT molecular complexity index is 580. The van der Waals surface area contributed by atoms with Gasteiger partial charge in [0.15, 0.2) is 0 Å². The van der Waals surface area contributed by atoms with Crippen LogP contribution >= 0.6 is 0 Å². The predicted octanol–water partition coefficient (Wildman–Crippen LogP) is 2.71. The third kappa shape index (κ3) is 6.43. The second-order valence-corrected chi connectivity index (χ2v) is 5.96. The summed E-state index contributed by atoms with van der Waals surface area (Å²) in [5, 5.41) is 2.32. The zero-order valence-corrected chi connectivity index (χ0v) is 13.7. The van der Waals surface area contributed by atoms with Crippen molar-refractivity contribution >= 4 is 12.1 Å². The van der Waals surface area contributed by atoms with Crippen molar-refractivity contribution in [1.82, 2.24) is 10.3 Å². The molecule has 0 radical (unpaired) electrons. The van der Waals surface area contributed by atoms with Crippen LogP contribution in [0.5, 0.6) is 0 Å². The third-order valence-electron chi connectivity index (χ3n) is 2.74. The summed E-state index contributed by atoms with van der Waals surface area (Å²) in [6, 6.07) is 0.855. The quantitative estimate of drug-likeness (QED) is 0.847. The molecule has 0 spiro atoms. The van der Waals surface area contributed by atoms with E-state index in [0.717, 1.165) is 19.2 Å². The van der Waals surface area contributed by atoms with Gasteiger partial charge in [0.25, 0.3) is 0 Å². The Morgan fingerprint density at radius 2 is 1.88 bits per heavy atom. The fraction of sp³-hybridized carbons (Fsp3) is 0.533. The van der Waals surface area contributed by atoms with Gasteiger partial charge in [0.2, 0.25) is 0 Å². The topological polar surface area (TPSA) is 77.5 Å². The van der Waals surface area contributed by atoms with Crippen LogP contribution in [0.1, 0.15) is 32.0 Å². The monoisotopic (exact) mass is 348 g/mol. The lowest BCUT2D eigenvalue weighted by Crippen LogP contribution is -2.45. The molecular formula is C15H19F3N2O4. The summed E-state index contributed by atoms with van der Waals surface area (Å²) in [6.45, 7) is 4.95. The number of rotatable bonds is 4. The average molecular weight is 348 g/mol. The van der Waals surface area contributed by atoms with Crippen LogP contribution in [0.2, 0.25) is 0 Å². The Kier molecular flexibility index (Phi) is 6.16. The number of carbonyl (C=O) groups is 2. The van der Waals surface area contributed by atoms with E-state index < -0.39 is 35.4 Å². The van der Waals surface area contributed by atoms with Crippen molar-refractivity contribution in [3.63, 3.8) is 0 Å². The van der Waals surface area contributed by atoms with Crippen LogP contribution in [0.4, 0.5) is 18.0 Å². The summed E-state index contributed by atoms with van der Waals surface area (Å²) < 4.78 is 47.1. The first-order valence-electron chi connectivity index (χ1n) is 7.02. The minimum absolute atomic E-state index is 0.135. The number of halogens is 3. The van der Waals surface area contributed by atoms with Crippen molar-refractivity contribution in [1.29, 1.82) is 0 Å². The molecule has 0 aliphatic heterocycles. The fourth-order valence-electron chi connectivity index (χ4n) is 1.71. The van der Waals surface area contributed by atoms with Crippen molar-refractivity contribution in [2.24, 2.45) is 0 Å². The first kappa shape index (κ1) is 19.7. The maximum atomic E-state index is 12.5. The summed E-state index contributed by atoms with van der Waals surface area (Å²) in [7, 11) is 1.13. The van der Waals surface area contributed by atoms with Gasteiger partial charge in [0.05, 0.1) is 12.7 Å². The largest absolute Gasteiger partial charge is 0.467 e. The number of hydrogen-bond acceptors (Lipinski definition) is 5.